The van der Waals surface area contributed by atoms with E-state index in [2.05, 4.69) is 34.6 Å². The van der Waals surface area contributed by atoms with Gasteiger partial charge in [0.15, 0.2) is 5.96 Å². The van der Waals surface area contributed by atoms with Crippen LogP contribution in [0.2, 0.25) is 0 Å². The first-order chi connectivity index (χ1) is 13.8. The molecule has 1 aromatic rings. The lowest BCUT2D eigenvalue weighted by Gasteiger charge is -2.16. The highest BCUT2D eigenvalue weighted by Gasteiger charge is 2.21. The van der Waals surface area contributed by atoms with Crippen LogP contribution in [0, 0.1) is 0 Å². The molecule has 3 rings (SSSR count). The SMILES string of the molecule is CCNC(=NCc1ccc(N2CCCC2=O)cc1)NCCCCN1CCCC1.I. The summed E-state index contributed by atoms with van der Waals surface area (Å²) in [5, 5.41) is 6.77. The molecule has 2 N–H and O–H groups in total. The van der Waals surface area contributed by atoms with Crippen molar-refractivity contribution in [2.75, 3.05) is 44.2 Å². The van der Waals surface area contributed by atoms with Crippen molar-refractivity contribution in [3.8, 4) is 0 Å². The molecule has 2 heterocycles. The predicted molar refractivity (Wildman–Crippen MR) is 131 cm³/mol. The highest BCUT2D eigenvalue weighted by Crippen LogP contribution is 2.21. The Balaban J connectivity index is 0.00000300. The number of guanidine groups is 1. The highest BCUT2D eigenvalue weighted by molar-refractivity contribution is 14.0. The van der Waals surface area contributed by atoms with Gasteiger partial charge in [-0.1, -0.05) is 12.1 Å². The number of benzene rings is 1. The molecule has 0 aromatic heterocycles. The number of hydrogen-bond donors (Lipinski definition) is 2. The number of nitrogens with one attached hydrogen (secondary N) is 2. The Kier molecular flexibility index (Phi) is 10.8. The van der Waals surface area contributed by atoms with Crippen LogP contribution in [0.1, 0.15) is 51.0 Å². The van der Waals surface area contributed by atoms with Crippen molar-refractivity contribution in [3.05, 3.63) is 29.8 Å². The fraction of sp³-hybridized carbons (Fsp3) is 0.636. The number of anilines is 1. The van der Waals surface area contributed by atoms with Gasteiger partial charge in [0, 0.05) is 31.7 Å². The van der Waals surface area contributed by atoms with Crippen LogP contribution < -0.4 is 15.5 Å². The molecule has 29 heavy (non-hydrogen) atoms. The molecule has 0 aliphatic carbocycles. The van der Waals surface area contributed by atoms with Crippen LogP contribution in [0.4, 0.5) is 5.69 Å². The Morgan fingerprint density at radius 3 is 2.45 bits per heavy atom. The van der Waals surface area contributed by atoms with E-state index in [0.717, 1.165) is 43.3 Å². The molecule has 2 aliphatic rings. The quantitative estimate of drug-likeness (QED) is 0.230. The normalized spacial score (nSPS) is 17.5. The van der Waals surface area contributed by atoms with Gasteiger partial charge < -0.3 is 20.4 Å². The van der Waals surface area contributed by atoms with E-state index in [1.165, 1.54) is 45.3 Å². The predicted octanol–water partition coefficient (Wildman–Crippen LogP) is 3.36. The van der Waals surface area contributed by atoms with Crippen LogP contribution in [-0.2, 0) is 11.3 Å². The van der Waals surface area contributed by atoms with Crippen LogP contribution in [0.3, 0.4) is 0 Å². The summed E-state index contributed by atoms with van der Waals surface area (Å²) in [6, 6.07) is 8.22. The second-order valence-electron chi connectivity index (χ2n) is 7.69. The van der Waals surface area contributed by atoms with Crippen LogP contribution in [-0.4, -0.2) is 56.0 Å². The zero-order valence-electron chi connectivity index (χ0n) is 17.7. The molecule has 0 spiro atoms. The summed E-state index contributed by atoms with van der Waals surface area (Å²) >= 11 is 0. The average Bonchev–Trinajstić information content (AvgIpc) is 3.38. The molecule has 0 atom stereocenters. The minimum Gasteiger partial charge on any atom is -0.357 e. The van der Waals surface area contributed by atoms with Crippen molar-refractivity contribution in [1.29, 1.82) is 0 Å². The number of hydrogen-bond acceptors (Lipinski definition) is 3. The van der Waals surface area contributed by atoms with E-state index in [-0.39, 0.29) is 29.9 Å². The van der Waals surface area contributed by atoms with E-state index in [1.807, 2.05) is 17.0 Å². The van der Waals surface area contributed by atoms with E-state index in [4.69, 9.17) is 4.99 Å². The molecule has 6 nitrogen and oxygen atoms in total. The molecule has 2 aliphatic heterocycles. The number of nitrogens with zero attached hydrogens (tertiary/aromatic N) is 3. The van der Waals surface area contributed by atoms with Gasteiger partial charge in [0.2, 0.25) is 5.91 Å². The Morgan fingerprint density at radius 1 is 1.03 bits per heavy atom. The summed E-state index contributed by atoms with van der Waals surface area (Å²) in [6.45, 7) is 9.16. The number of aliphatic imine (C=N–C) groups is 1. The van der Waals surface area contributed by atoms with Gasteiger partial charge in [-0.05, 0) is 76.4 Å². The number of carbonyl (C=O) groups is 1. The first kappa shape index (κ1) is 23.9. The summed E-state index contributed by atoms with van der Waals surface area (Å²) in [4.78, 5) is 21.0. The van der Waals surface area contributed by atoms with Crippen molar-refractivity contribution < 1.29 is 4.79 Å². The number of likely N-dealkylation sites (tertiary alicyclic amines) is 1. The van der Waals surface area contributed by atoms with E-state index in [0.29, 0.717) is 13.0 Å². The number of rotatable bonds is 9. The van der Waals surface area contributed by atoms with Crippen LogP contribution >= 0.6 is 24.0 Å². The summed E-state index contributed by atoms with van der Waals surface area (Å²) in [5.74, 6) is 1.11. The fourth-order valence-corrected chi connectivity index (χ4v) is 3.89. The molecular weight excluding hydrogens is 477 g/mol. The number of halogens is 1. The third-order valence-electron chi connectivity index (χ3n) is 5.48. The number of amides is 1. The molecule has 0 unspecified atom stereocenters. The summed E-state index contributed by atoms with van der Waals surface area (Å²) in [7, 11) is 0. The smallest absolute Gasteiger partial charge is 0.227 e. The molecule has 1 aromatic carbocycles. The minimum absolute atomic E-state index is 0. The monoisotopic (exact) mass is 513 g/mol. The van der Waals surface area contributed by atoms with Crippen molar-refractivity contribution in [3.63, 3.8) is 0 Å². The molecule has 0 bridgehead atoms. The van der Waals surface area contributed by atoms with Crippen molar-refractivity contribution in [2.24, 2.45) is 4.99 Å². The maximum Gasteiger partial charge on any atom is 0.227 e. The molecule has 1 amide bonds. The zero-order valence-corrected chi connectivity index (χ0v) is 20.0. The van der Waals surface area contributed by atoms with E-state index < -0.39 is 0 Å². The fourth-order valence-electron chi connectivity index (χ4n) is 3.89. The first-order valence-electron chi connectivity index (χ1n) is 10.9. The van der Waals surface area contributed by atoms with E-state index >= 15 is 0 Å². The molecular formula is C22H36IN5O. The lowest BCUT2D eigenvalue weighted by atomic mass is 10.2. The molecule has 7 heteroatoms. The summed E-state index contributed by atoms with van der Waals surface area (Å²) < 4.78 is 0. The van der Waals surface area contributed by atoms with Crippen LogP contribution in [0.5, 0.6) is 0 Å². The third kappa shape index (κ3) is 7.77. The van der Waals surface area contributed by atoms with Gasteiger partial charge in [-0.25, -0.2) is 4.99 Å². The van der Waals surface area contributed by atoms with E-state index in [9.17, 15) is 4.79 Å². The molecule has 2 fully saturated rings. The number of unbranched alkanes of at least 4 members (excludes halogenated alkanes) is 1. The van der Waals surface area contributed by atoms with Crippen molar-refractivity contribution >= 4 is 41.5 Å². The van der Waals surface area contributed by atoms with Crippen LogP contribution in [0.15, 0.2) is 29.3 Å². The topological polar surface area (TPSA) is 60.0 Å². The van der Waals surface area contributed by atoms with Gasteiger partial charge in [0.05, 0.1) is 6.54 Å². The lowest BCUT2D eigenvalue weighted by Crippen LogP contribution is -2.38. The molecule has 162 valence electrons. The number of carbonyl (C=O) groups excluding carboxylic acids is 1. The minimum atomic E-state index is 0. The third-order valence-corrected chi connectivity index (χ3v) is 5.48. The van der Waals surface area contributed by atoms with Gasteiger partial charge >= 0.3 is 0 Å². The largest absolute Gasteiger partial charge is 0.357 e. The Labute approximate surface area is 192 Å². The lowest BCUT2D eigenvalue weighted by molar-refractivity contribution is -0.117. The summed E-state index contributed by atoms with van der Waals surface area (Å²) in [5.41, 5.74) is 2.15. The van der Waals surface area contributed by atoms with Gasteiger partial charge in [-0.15, -0.1) is 24.0 Å². The molecule has 2 saturated heterocycles. The average molecular weight is 513 g/mol. The maximum absolute atomic E-state index is 11.9. The second-order valence-corrected chi connectivity index (χ2v) is 7.69. The summed E-state index contributed by atoms with van der Waals surface area (Å²) in [6.07, 6.45) is 6.76. The van der Waals surface area contributed by atoms with Gasteiger partial charge in [0.1, 0.15) is 0 Å². The van der Waals surface area contributed by atoms with Crippen molar-refractivity contribution in [2.45, 2.75) is 52.0 Å². The molecule has 0 saturated carbocycles. The van der Waals surface area contributed by atoms with E-state index in [1.54, 1.807) is 0 Å². The van der Waals surface area contributed by atoms with Gasteiger partial charge in [0.25, 0.3) is 0 Å². The standard InChI is InChI=1S/C22H35N5O.HI/c1-2-23-22(24-13-3-4-14-26-15-5-6-16-26)25-18-19-9-11-20(12-10-19)27-17-7-8-21(27)28;/h9-12H,2-8,13-18H2,1H3,(H2,23,24,25);1H. The Hall–Kier alpha value is -1.35. The second kappa shape index (κ2) is 13.1. The van der Waals surface area contributed by atoms with Gasteiger partial charge in [-0.2, -0.15) is 0 Å². The highest BCUT2D eigenvalue weighted by atomic mass is 127. The maximum atomic E-state index is 11.9. The Morgan fingerprint density at radius 2 is 1.79 bits per heavy atom. The van der Waals surface area contributed by atoms with Gasteiger partial charge in [-0.3, -0.25) is 4.79 Å². The molecule has 0 radical (unpaired) electrons. The van der Waals surface area contributed by atoms with Crippen molar-refractivity contribution in [1.82, 2.24) is 15.5 Å². The Bertz CT molecular complexity index is 643. The zero-order chi connectivity index (χ0) is 19.6. The first-order valence-corrected chi connectivity index (χ1v) is 10.9. The van der Waals surface area contributed by atoms with Crippen LogP contribution in [0.25, 0.3) is 0 Å².